The lowest BCUT2D eigenvalue weighted by molar-refractivity contribution is 0.594. The number of benzene rings is 2. The second-order valence-corrected chi connectivity index (χ2v) is 7.05. The van der Waals surface area contributed by atoms with Crippen molar-refractivity contribution in [2.45, 2.75) is 11.8 Å². The quantitative estimate of drug-likeness (QED) is 0.541. The molecule has 3 aromatic rings. The summed E-state index contributed by atoms with van der Waals surface area (Å²) in [4.78, 5) is 0.0912. The molecule has 0 atom stereocenters. The highest BCUT2D eigenvalue weighted by molar-refractivity contribution is 7.90. The Kier molecular flexibility index (Phi) is 4.06. The molecule has 1 aromatic heterocycles. The molecule has 3 rings (SSSR count). The molecule has 0 bridgehead atoms. The Balaban J connectivity index is 2.02. The maximum absolute atomic E-state index is 12.1. The second-order valence-electron chi connectivity index (χ2n) is 5.47. The zero-order chi connectivity index (χ0) is 17.3. The molecule has 0 aliphatic heterocycles. The lowest BCUT2D eigenvalue weighted by Gasteiger charge is -1.97. The molecule has 0 fully saturated rings. The predicted molar refractivity (Wildman–Crippen MR) is 90.7 cm³/mol. The first-order valence-corrected chi connectivity index (χ1v) is 8.72. The SMILES string of the molecule is Cc1ccc(S(=O)(=O)/N=N/N=c2n(C)c3ccccc3n2C)cc1. The van der Waals surface area contributed by atoms with E-state index in [9.17, 15) is 8.42 Å². The van der Waals surface area contributed by atoms with Crippen LogP contribution in [0, 0.1) is 6.92 Å². The summed E-state index contributed by atoms with van der Waals surface area (Å²) in [5.41, 5.74) is 3.41. The van der Waals surface area contributed by atoms with Crippen LogP contribution in [0.2, 0.25) is 0 Å². The summed E-state index contributed by atoms with van der Waals surface area (Å²) in [5.74, 6) is 0. The number of para-hydroxylation sites is 2. The Labute approximate surface area is 139 Å². The molecule has 1 heterocycles. The van der Waals surface area contributed by atoms with E-state index in [1.807, 2.05) is 54.4 Å². The van der Waals surface area contributed by atoms with Gasteiger partial charge in [0.2, 0.25) is 5.62 Å². The molecule has 0 saturated carbocycles. The number of nitrogens with zero attached hydrogens (tertiary/aromatic N) is 5. The molecule has 0 spiro atoms. The minimum Gasteiger partial charge on any atom is -0.312 e. The highest BCUT2D eigenvalue weighted by atomic mass is 32.2. The summed E-state index contributed by atoms with van der Waals surface area (Å²) in [5, 5.41) is 7.53. The van der Waals surface area contributed by atoms with E-state index in [4.69, 9.17) is 0 Å². The third-order valence-corrected chi connectivity index (χ3v) is 4.96. The zero-order valence-electron chi connectivity index (χ0n) is 13.6. The molecule has 0 unspecified atom stereocenters. The van der Waals surface area contributed by atoms with Crippen LogP contribution in [0.5, 0.6) is 0 Å². The summed E-state index contributed by atoms with van der Waals surface area (Å²) in [6.45, 7) is 1.88. The highest BCUT2D eigenvalue weighted by Gasteiger charge is 2.12. The van der Waals surface area contributed by atoms with Crippen molar-refractivity contribution in [2.75, 3.05) is 0 Å². The number of rotatable bonds is 3. The average Bonchev–Trinajstić information content (AvgIpc) is 2.80. The molecule has 0 aliphatic rings. The summed E-state index contributed by atoms with van der Waals surface area (Å²) in [7, 11) is -0.180. The summed E-state index contributed by atoms with van der Waals surface area (Å²) in [6.07, 6.45) is 0. The van der Waals surface area contributed by atoms with Crippen molar-refractivity contribution in [3.63, 3.8) is 0 Å². The Morgan fingerprint density at radius 3 is 1.96 bits per heavy atom. The first-order chi connectivity index (χ1) is 11.4. The minimum atomic E-state index is -3.86. The maximum Gasteiger partial charge on any atom is 0.301 e. The molecule has 0 aliphatic carbocycles. The van der Waals surface area contributed by atoms with Gasteiger partial charge in [-0.15, -0.1) is 0 Å². The predicted octanol–water partition coefficient (Wildman–Crippen LogP) is 2.48. The molecular formula is C16H17N5O2S. The van der Waals surface area contributed by atoms with Gasteiger partial charge in [0, 0.05) is 14.1 Å². The molecule has 8 heteroatoms. The Morgan fingerprint density at radius 2 is 1.42 bits per heavy atom. The maximum atomic E-state index is 12.1. The molecule has 2 aromatic carbocycles. The number of fused-ring (bicyclic) bond motifs is 1. The molecule has 24 heavy (non-hydrogen) atoms. The van der Waals surface area contributed by atoms with Crippen molar-refractivity contribution in [2.24, 2.45) is 28.9 Å². The molecular weight excluding hydrogens is 326 g/mol. The summed E-state index contributed by atoms with van der Waals surface area (Å²) < 4.78 is 31.3. The van der Waals surface area contributed by atoms with E-state index in [1.54, 1.807) is 12.1 Å². The van der Waals surface area contributed by atoms with E-state index in [-0.39, 0.29) is 4.90 Å². The molecule has 0 saturated heterocycles. The van der Waals surface area contributed by atoms with Gasteiger partial charge in [-0.2, -0.15) is 8.42 Å². The number of aromatic nitrogens is 2. The van der Waals surface area contributed by atoms with E-state index < -0.39 is 10.0 Å². The first kappa shape index (κ1) is 16.1. The summed E-state index contributed by atoms with van der Waals surface area (Å²) in [6, 6.07) is 14.2. The van der Waals surface area contributed by atoms with Crippen LogP contribution in [0.3, 0.4) is 0 Å². The van der Waals surface area contributed by atoms with Gasteiger partial charge in [-0.3, -0.25) is 0 Å². The van der Waals surface area contributed by atoms with Gasteiger partial charge in [-0.25, -0.2) is 0 Å². The topological polar surface area (TPSA) is 81.1 Å². The lowest BCUT2D eigenvalue weighted by atomic mass is 10.2. The van der Waals surface area contributed by atoms with Crippen LogP contribution in [0.25, 0.3) is 11.0 Å². The van der Waals surface area contributed by atoms with Gasteiger partial charge in [0.15, 0.2) is 0 Å². The fraction of sp³-hybridized carbons (Fsp3) is 0.188. The van der Waals surface area contributed by atoms with Crippen LogP contribution >= 0.6 is 0 Å². The van der Waals surface area contributed by atoms with Crippen LogP contribution < -0.4 is 5.62 Å². The van der Waals surface area contributed by atoms with Gasteiger partial charge in [0.05, 0.1) is 15.9 Å². The molecule has 0 N–H and O–H groups in total. The van der Waals surface area contributed by atoms with Crippen molar-refractivity contribution in [1.82, 2.24) is 9.13 Å². The Bertz CT molecular complexity index is 1050. The van der Waals surface area contributed by atoms with Crippen LogP contribution in [-0.4, -0.2) is 17.6 Å². The van der Waals surface area contributed by atoms with Crippen LogP contribution in [0.15, 0.2) is 68.3 Å². The fourth-order valence-corrected chi connectivity index (χ4v) is 3.18. The van der Waals surface area contributed by atoms with Gasteiger partial charge in [0.25, 0.3) is 0 Å². The number of imidazole rings is 1. The molecule has 7 nitrogen and oxygen atoms in total. The van der Waals surface area contributed by atoms with Gasteiger partial charge in [-0.1, -0.05) is 34.9 Å². The number of sulfonamides is 1. The van der Waals surface area contributed by atoms with Gasteiger partial charge < -0.3 is 9.13 Å². The van der Waals surface area contributed by atoms with E-state index >= 15 is 0 Å². The van der Waals surface area contributed by atoms with Crippen molar-refractivity contribution in [3.8, 4) is 0 Å². The van der Waals surface area contributed by atoms with Crippen LogP contribution in [-0.2, 0) is 24.1 Å². The molecule has 0 amide bonds. The Morgan fingerprint density at radius 1 is 0.875 bits per heavy atom. The number of hydrogen-bond donors (Lipinski definition) is 0. The second kappa shape index (κ2) is 6.04. The van der Waals surface area contributed by atoms with Crippen molar-refractivity contribution >= 4 is 21.1 Å². The average molecular weight is 343 g/mol. The Hall–Kier alpha value is -2.74. The van der Waals surface area contributed by atoms with Gasteiger partial charge in [-0.05, 0) is 40.9 Å². The highest BCUT2D eigenvalue weighted by Crippen LogP contribution is 2.13. The van der Waals surface area contributed by atoms with Gasteiger partial charge >= 0.3 is 10.0 Å². The smallest absolute Gasteiger partial charge is 0.301 e. The molecule has 124 valence electrons. The van der Waals surface area contributed by atoms with E-state index in [0.29, 0.717) is 5.62 Å². The zero-order valence-corrected chi connectivity index (χ0v) is 14.4. The largest absolute Gasteiger partial charge is 0.312 e. The van der Waals surface area contributed by atoms with Crippen molar-refractivity contribution < 1.29 is 8.42 Å². The van der Waals surface area contributed by atoms with Crippen molar-refractivity contribution in [1.29, 1.82) is 0 Å². The normalized spacial score (nSPS) is 12.1. The van der Waals surface area contributed by atoms with E-state index in [1.165, 1.54) is 12.1 Å². The summed E-state index contributed by atoms with van der Waals surface area (Å²) >= 11 is 0. The van der Waals surface area contributed by atoms with Crippen LogP contribution in [0.4, 0.5) is 0 Å². The minimum absolute atomic E-state index is 0.0912. The number of hydrogen-bond acceptors (Lipinski definition) is 3. The third-order valence-electron chi connectivity index (χ3n) is 3.80. The third kappa shape index (κ3) is 2.88. The lowest BCUT2D eigenvalue weighted by Crippen LogP contribution is -2.21. The van der Waals surface area contributed by atoms with Crippen molar-refractivity contribution in [3.05, 3.63) is 59.7 Å². The van der Waals surface area contributed by atoms with Gasteiger partial charge in [0.1, 0.15) is 0 Å². The number of aryl methyl sites for hydroxylation is 3. The van der Waals surface area contributed by atoms with E-state index in [2.05, 4.69) is 14.8 Å². The molecule has 0 radical (unpaired) electrons. The fourth-order valence-electron chi connectivity index (χ4n) is 2.47. The van der Waals surface area contributed by atoms with E-state index in [0.717, 1.165) is 16.6 Å². The standard InChI is InChI=1S/C16H17N5O2S/c1-12-8-10-13(11-9-12)24(22,23)19-18-17-16-20(2)14-6-4-5-7-15(14)21(16)3/h4-11H,1-3H3/b19-18+. The van der Waals surface area contributed by atoms with Crippen LogP contribution in [0.1, 0.15) is 5.56 Å². The monoisotopic (exact) mass is 343 g/mol. The first-order valence-electron chi connectivity index (χ1n) is 7.28.